The zero-order chi connectivity index (χ0) is 16.1. The van der Waals surface area contributed by atoms with E-state index < -0.39 is 0 Å². The van der Waals surface area contributed by atoms with Gasteiger partial charge in [0.25, 0.3) is 5.91 Å². The number of benzene rings is 2. The molecule has 0 spiro atoms. The largest absolute Gasteiger partial charge is 0.465 e. The summed E-state index contributed by atoms with van der Waals surface area (Å²) in [4.78, 5) is 12.7. The third-order valence-electron chi connectivity index (χ3n) is 3.26. The minimum Gasteiger partial charge on any atom is -0.465 e. The van der Waals surface area contributed by atoms with E-state index in [0.29, 0.717) is 11.3 Å². The standard InChI is InChI=1S/C19H14BrNO2/c20-15-8-10-16(11-9-15)21-19(22)18(13-17-7-4-12-23-17)14-5-2-1-3-6-14/h1-13H,(H,21,22)/b18-13+. The van der Waals surface area contributed by atoms with Gasteiger partial charge in [0, 0.05) is 10.2 Å². The Kier molecular flexibility index (Phi) is 4.74. The number of amides is 1. The number of halogens is 1. The highest BCUT2D eigenvalue weighted by Crippen LogP contribution is 2.21. The van der Waals surface area contributed by atoms with E-state index in [-0.39, 0.29) is 5.91 Å². The second-order valence-electron chi connectivity index (χ2n) is 4.90. The highest BCUT2D eigenvalue weighted by atomic mass is 79.9. The van der Waals surface area contributed by atoms with Gasteiger partial charge in [-0.3, -0.25) is 4.79 Å². The Balaban J connectivity index is 1.92. The molecule has 1 N–H and O–H groups in total. The van der Waals surface area contributed by atoms with Gasteiger partial charge in [-0.25, -0.2) is 0 Å². The molecule has 0 saturated heterocycles. The molecule has 0 fully saturated rings. The van der Waals surface area contributed by atoms with Crippen molar-refractivity contribution in [3.8, 4) is 0 Å². The summed E-state index contributed by atoms with van der Waals surface area (Å²) >= 11 is 3.38. The van der Waals surface area contributed by atoms with Crippen LogP contribution in [-0.2, 0) is 4.79 Å². The van der Waals surface area contributed by atoms with E-state index >= 15 is 0 Å². The van der Waals surface area contributed by atoms with Gasteiger partial charge in [-0.1, -0.05) is 46.3 Å². The highest BCUT2D eigenvalue weighted by Gasteiger charge is 2.13. The predicted molar refractivity (Wildman–Crippen MR) is 95.8 cm³/mol. The smallest absolute Gasteiger partial charge is 0.256 e. The molecule has 0 aliphatic rings. The van der Waals surface area contributed by atoms with Crippen LogP contribution in [0.3, 0.4) is 0 Å². The minimum absolute atomic E-state index is 0.185. The average molecular weight is 368 g/mol. The Bertz CT molecular complexity index is 806. The fourth-order valence-electron chi connectivity index (χ4n) is 2.14. The van der Waals surface area contributed by atoms with Crippen LogP contribution in [0.15, 0.2) is 81.9 Å². The van der Waals surface area contributed by atoms with Crippen LogP contribution in [0.5, 0.6) is 0 Å². The molecule has 1 aromatic heterocycles. The van der Waals surface area contributed by atoms with Gasteiger partial charge in [-0.15, -0.1) is 0 Å². The molecule has 23 heavy (non-hydrogen) atoms. The number of furan rings is 1. The van der Waals surface area contributed by atoms with Crippen LogP contribution in [0.25, 0.3) is 11.6 Å². The second-order valence-corrected chi connectivity index (χ2v) is 5.82. The molecule has 1 amide bonds. The maximum Gasteiger partial charge on any atom is 0.256 e. The zero-order valence-electron chi connectivity index (χ0n) is 12.2. The topological polar surface area (TPSA) is 42.2 Å². The van der Waals surface area contributed by atoms with E-state index in [1.54, 1.807) is 18.4 Å². The van der Waals surface area contributed by atoms with E-state index in [9.17, 15) is 4.79 Å². The number of carbonyl (C=O) groups excluding carboxylic acids is 1. The first-order valence-electron chi connectivity index (χ1n) is 7.10. The van der Waals surface area contributed by atoms with Gasteiger partial charge in [0.15, 0.2) is 0 Å². The third kappa shape index (κ3) is 3.99. The van der Waals surface area contributed by atoms with Gasteiger partial charge in [-0.05, 0) is 48.0 Å². The summed E-state index contributed by atoms with van der Waals surface area (Å²) in [5, 5.41) is 2.91. The fourth-order valence-corrected chi connectivity index (χ4v) is 2.41. The van der Waals surface area contributed by atoms with E-state index in [1.165, 1.54) is 0 Å². The van der Waals surface area contributed by atoms with Crippen molar-refractivity contribution in [3.63, 3.8) is 0 Å². The molecule has 114 valence electrons. The predicted octanol–water partition coefficient (Wildman–Crippen LogP) is 5.22. The molecule has 1 heterocycles. The van der Waals surface area contributed by atoms with Crippen LogP contribution < -0.4 is 5.32 Å². The molecule has 3 nitrogen and oxygen atoms in total. The summed E-state index contributed by atoms with van der Waals surface area (Å²) in [7, 11) is 0. The quantitative estimate of drug-likeness (QED) is 0.642. The van der Waals surface area contributed by atoms with Gasteiger partial charge in [-0.2, -0.15) is 0 Å². The molecule has 3 aromatic rings. The number of anilines is 1. The van der Waals surface area contributed by atoms with E-state index in [2.05, 4.69) is 21.2 Å². The molecule has 0 atom stereocenters. The second kappa shape index (κ2) is 7.11. The van der Waals surface area contributed by atoms with Gasteiger partial charge in [0.2, 0.25) is 0 Å². The Labute approximate surface area is 142 Å². The van der Waals surface area contributed by atoms with Gasteiger partial charge >= 0.3 is 0 Å². The summed E-state index contributed by atoms with van der Waals surface area (Å²) in [6.45, 7) is 0. The first-order chi connectivity index (χ1) is 11.2. The van der Waals surface area contributed by atoms with Crippen LogP contribution in [0.2, 0.25) is 0 Å². The normalized spacial score (nSPS) is 11.3. The Morgan fingerprint density at radius 1 is 0.957 bits per heavy atom. The number of hydrogen-bond donors (Lipinski definition) is 1. The first-order valence-corrected chi connectivity index (χ1v) is 7.89. The summed E-state index contributed by atoms with van der Waals surface area (Å²) in [6, 6.07) is 20.6. The number of carbonyl (C=O) groups is 1. The monoisotopic (exact) mass is 367 g/mol. The van der Waals surface area contributed by atoms with Crippen molar-refractivity contribution in [1.82, 2.24) is 0 Å². The zero-order valence-corrected chi connectivity index (χ0v) is 13.8. The number of rotatable bonds is 4. The van der Waals surface area contributed by atoms with Crippen LogP contribution in [0, 0.1) is 0 Å². The van der Waals surface area contributed by atoms with E-state index in [1.807, 2.05) is 60.7 Å². The van der Waals surface area contributed by atoms with Gasteiger partial charge < -0.3 is 9.73 Å². The molecule has 0 aliphatic heterocycles. The van der Waals surface area contributed by atoms with Crippen molar-refractivity contribution in [2.45, 2.75) is 0 Å². The van der Waals surface area contributed by atoms with Crippen molar-refractivity contribution >= 4 is 39.2 Å². The molecule has 3 rings (SSSR count). The Hall–Kier alpha value is -2.59. The van der Waals surface area contributed by atoms with Crippen LogP contribution in [0.4, 0.5) is 5.69 Å². The molecule has 0 unspecified atom stereocenters. The summed E-state index contributed by atoms with van der Waals surface area (Å²) < 4.78 is 6.30. The molecule has 0 aliphatic carbocycles. The molecular weight excluding hydrogens is 354 g/mol. The molecule has 0 radical (unpaired) electrons. The van der Waals surface area contributed by atoms with Crippen LogP contribution >= 0.6 is 15.9 Å². The van der Waals surface area contributed by atoms with Crippen molar-refractivity contribution < 1.29 is 9.21 Å². The van der Waals surface area contributed by atoms with E-state index in [0.717, 1.165) is 15.7 Å². The minimum atomic E-state index is -0.185. The van der Waals surface area contributed by atoms with Gasteiger partial charge in [0.1, 0.15) is 5.76 Å². The lowest BCUT2D eigenvalue weighted by Crippen LogP contribution is -2.13. The Morgan fingerprint density at radius 2 is 1.70 bits per heavy atom. The summed E-state index contributed by atoms with van der Waals surface area (Å²) in [5.74, 6) is 0.449. The van der Waals surface area contributed by atoms with Crippen LogP contribution in [0.1, 0.15) is 11.3 Å². The van der Waals surface area contributed by atoms with Crippen molar-refractivity contribution in [1.29, 1.82) is 0 Å². The lowest BCUT2D eigenvalue weighted by atomic mass is 10.0. The SMILES string of the molecule is O=C(Nc1ccc(Br)cc1)/C(=C/c1ccco1)c1ccccc1. The number of hydrogen-bond acceptors (Lipinski definition) is 2. The fraction of sp³-hybridized carbons (Fsp3) is 0. The third-order valence-corrected chi connectivity index (χ3v) is 3.79. The lowest BCUT2D eigenvalue weighted by molar-refractivity contribution is -0.111. The molecular formula is C19H14BrNO2. The molecule has 0 saturated carbocycles. The van der Waals surface area contributed by atoms with E-state index in [4.69, 9.17) is 4.42 Å². The van der Waals surface area contributed by atoms with Crippen molar-refractivity contribution in [2.75, 3.05) is 5.32 Å². The lowest BCUT2D eigenvalue weighted by Gasteiger charge is -2.09. The summed E-state index contributed by atoms with van der Waals surface area (Å²) in [6.07, 6.45) is 3.32. The first kappa shape index (κ1) is 15.3. The maximum atomic E-state index is 12.7. The van der Waals surface area contributed by atoms with Crippen molar-refractivity contribution in [2.24, 2.45) is 0 Å². The molecule has 4 heteroatoms. The van der Waals surface area contributed by atoms with Crippen molar-refractivity contribution in [3.05, 3.63) is 88.8 Å². The average Bonchev–Trinajstić information content (AvgIpc) is 3.09. The highest BCUT2D eigenvalue weighted by molar-refractivity contribution is 9.10. The van der Waals surface area contributed by atoms with Crippen LogP contribution in [-0.4, -0.2) is 5.91 Å². The summed E-state index contributed by atoms with van der Waals surface area (Å²) in [5.41, 5.74) is 2.11. The molecule has 0 bridgehead atoms. The maximum absolute atomic E-state index is 12.7. The Morgan fingerprint density at radius 3 is 2.35 bits per heavy atom. The van der Waals surface area contributed by atoms with Gasteiger partial charge in [0.05, 0.1) is 11.8 Å². The molecule has 2 aromatic carbocycles. The number of nitrogens with one attached hydrogen (secondary N) is 1.